The summed E-state index contributed by atoms with van der Waals surface area (Å²) in [6.07, 6.45) is 0. The van der Waals surface area contributed by atoms with E-state index in [0.717, 1.165) is 26.7 Å². The van der Waals surface area contributed by atoms with Crippen LogP contribution in [0.25, 0.3) is 22.6 Å². The number of aromatic nitrogens is 2. The first kappa shape index (κ1) is 22.5. The smallest absolute Gasteiger partial charge is 0.161 e. The van der Waals surface area contributed by atoms with Crippen molar-refractivity contribution in [2.24, 2.45) is 0 Å². The van der Waals surface area contributed by atoms with Gasteiger partial charge < -0.3 is 18.9 Å². The average molecular weight is 461 g/mol. The van der Waals surface area contributed by atoms with E-state index in [1.807, 2.05) is 60.7 Å². The highest BCUT2D eigenvalue weighted by molar-refractivity contribution is 7.99. The molecule has 0 aliphatic carbocycles. The van der Waals surface area contributed by atoms with Gasteiger partial charge in [0.2, 0.25) is 0 Å². The molecule has 4 rings (SSSR count). The first-order valence-corrected chi connectivity index (χ1v) is 11.0. The van der Waals surface area contributed by atoms with Crippen LogP contribution in [-0.4, -0.2) is 38.4 Å². The largest absolute Gasteiger partial charge is 0.493 e. The average Bonchev–Trinajstić information content (AvgIpc) is 2.88. The highest BCUT2D eigenvalue weighted by atomic mass is 32.2. The van der Waals surface area contributed by atoms with E-state index in [4.69, 9.17) is 28.9 Å². The summed E-state index contributed by atoms with van der Waals surface area (Å²) in [7, 11) is 6.46. The maximum Gasteiger partial charge on any atom is 0.161 e. The SMILES string of the molecule is COc1ccc(-c2cc(Sc3ccccc3)nc(-c3ccc(OC)c(OC)c3)n2)cc1OC. The molecular formula is C26H24N2O4S. The number of ether oxygens (including phenoxy) is 4. The zero-order valence-electron chi connectivity index (χ0n) is 18.9. The van der Waals surface area contributed by atoms with Crippen LogP contribution >= 0.6 is 11.8 Å². The number of benzene rings is 3. The molecule has 4 aromatic rings. The Balaban J connectivity index is 1.84. The number of rotatable bonds is 8. The molecule has 0 radical (unpaired) electrons. The lowest BCUT2D eigenvalue weighted by atomic mass is 10.1. The van der Waals surface area contributed by atoms with Crippen molar-refractivity contribution in [1.29, 1.82) is 0 Å². The molecule has 168 valence electrons. The molecule has 0 N–H and O–H groups in total. The van der Waals surface area contributed by atoms with Gasteiger partial charge in [-0.2, -0.15) is 0 Å². The Morgan fingerprint density at radius 3 is 1.76 bits per heavy atom. The molecule has 0 saturated heterocycles. The Morgan fingerprint density at radius 2 is 1.15 bits per heavy atom. The molecule has 0 spiro atoms. The summed E-state index contributed by atoms with van der Waals surface area (Å²) < 4.78 is 21.7. The second-order valence-corrected chi connectivity index (χ2v) is 8.06. The van der Waals surface area contributed by atoms with Gasteiger partial charge in [-0.25, -0.2) is 9.97 Å². The van der Waals surface area contributed by atoms with Crippen LogP contribution in [0.4, 0.5) is 0 Å². The molecule has 0 amide bonds. The normalized spacial score (nSPS) is 10.5. The van der Waals surface area contributed by atoms with Crippen molar-refractivity contribution in [2.75, 3.05) is 28.4 Å². The molecular weight excluding hydrogens is 436 g/mol. The highest BCUT2D eigenvalue weighted by Gasteiger charge is 2.14. The van der Waals surface area contributed by atoms with Gasteiger partial charge in [-0.15, -0.1) is 0 Å². The maximum atomic E-state index is 5.49. The fourth-order valence-electron chi connectivity index (χ4n) is 3.33. The molecule has 0 aliphatic rings. The Hall–Kier alpha value is -3.71. The fourth-order valence-corrected chi connectivity index (χ4v) is 4.17. The lowest BCUT2D eigenvalue weighted by Crippen LogP contribution is -1.97. The van der Waals surface area contributed by atoms with E-state index in [0.29, 0.717) is 28.8 Å². The third-order valence-corrected chi connectivity index (χ3v) is 5.92. The molecule has 0 saturated carbocycles. The van der Waals surface area contributed by atoms with Crippen LogP contribution in [0.15, 0.2) is 82.7 Å². The van der Waals surface area contributed by atoms with Gasteiger partial charge in [0.25, 0.3) is 0 Å². The summed E-state index contributed by atoms with van der Waals surface area (Å²) in [6.45, 7) is 0. The van der Waals surface area contributed by atoms with E-state index in [-0.39, 0.29) is 0 Å². The van der Waals surface area contributed by atoms with Gasteiger partial charge in [0.1, 0.15) is 5.03 Å². The monoisotopic (exact) mass is 460 g/mol. The van der Waals surface area contributed by atoms with Crippen molar-refractivity contribution in [3.05, 3.63) is 72.8 Å². The van der Waals surface area contributed by atoms with Crippen LogP contribution in [0.2, 0.25) is 0 Å². The molecule has 0 bridgehead atoms. The van der Waals surface area contributed by atoms with E-state index in [1.165, 1.54) is 0 Å². The number of hydrogen-bond donors (Lipinski definition) is 0. The van der Waals surface area contributed by atoms with Crippen LogP contribution in [0, 0.1) is 0 Å². The van der Waals surface area contributed by atoms with Gasteiger partial charge in [-0.3, -0.25) is 0 Å². The number of methoxy groups -OCH3 is 4. The summed E-state index contributed by atoms with van der Waals surface area (Å²) in [6, 6.07) is 23.5. The van der Waals surface area contributed by atoms with Gasteiger partial charge >= 0.3 is 0 Å². The minimum atomic E-state index is 0.585. The second kappa shape index (κ2) is 10.3. The Morgan fingerprint density at radius 1 is 0.576 bits per heavy atom. The van der Waals surface area contributed by atoms with Crippen molar-refractivity contribution < 1.29 is 18.9 Å². The van der Waals surface area contributed by atoms with E-state index in [1.54, 1.807) is 40.2 Å². The van der Waals surface area contributed by atoms with E-state index >= 15 is 0 Å². The minimum absolute atomic E-state index is 0.585. The van der Waals surface area contributed by atoms with Gasteiger partial charge in [0.05, 0.1) is 34.1 Å². The molecule has 33 heavy (non-hydrogen) atoms. The lowest BCUT2D eigenvalue weighted by molar-refractivity contribution is 0.355. The molecule has 1 heterocycles. The minimum Gasteiger partial charge on any atom is -0.493 e. The predicted molar refractivity (Wildman–Crippen MR) is 130 cm³/mol. The van der Waals surface area contributed by atoms with E-state index in [2.05, 4.69) is 12.1 Å². The highest BCUT2D eigenvalue weighted by Crippen LogP contribution is 2.36. The molecule has 7 heteroatoms. The number of nitrogens with zero attached hydrogens (tertiary/aromatic N) is 2. The van der Waals surface area contributed by atoms with E-state index < -0.39 is 0 Å². The van der Waals surface area contributed by atoms with Crippen molar-refractivity contribution >= 4 is 11.8 Å². The molecule has 0 unspecified atom stereocenters. The lowest BCUT2D eigenvalue weighted by Gasteiger charge is -2.13. The first-order chi connectivity index (χ1) is 16.1. The van der Waals surface area contributed by atoms with Crippen LogP contribution in [0.3, 0.4) is 0 Å². The molecule has 0 aliphatic heterocycles. The zero-order chi connectivity index (χ0) is 23.2. The molecule has 0 fully saturated rings. The van der Waals surface area contributed by atoms with Gasteiger partial charge in [-0.05, 0) is 54.6 Å². The Bertz CT molecular complexity index is 1170. The third kappa shape index (κ3) is 5.04. The van der Waals surface area contributed by atoms with Gasteiger partial charge in [0, 0.05) is 16.0 Å². The Kier molecular flexibility index (Phi) is 7.00. The first-order valence-electron chi connectivity index (χ1n) is 10.2. The topological polar surface area (TPSA) is 62.7 Å². The van der Waals surface area contributed by atoms with Crippen LogP contribution in [0.5, 0.6) is 23.0 Å². The van der Waals surface area contributed by atoms with Crippen molar-refractivity contribution in [3.63, 3.8) is 0 Å². The van der Waals surface area contributed by atoms with E-state index in [9.17, 15) is 0 Å². The zero-order valence-corrected chi connectivity index (χ0v) is 19.7. The van der Waals surface area contributed by atoms with Gasteiger partial charge in [-0.1, -0.05) is 30.0 Å². The third-order valence-electron chi connectivity index (χ3n) is 4.99. The summed E-state index contributed by atoms with van der Waals surface area (Å²) >= 11 is 1.58. The summed E-state index contributed by atoms with van der Waals surface area (Å²) in [5, 5.41) is 0.825. The summed E-state index contributed by atoms with van der Waals surface area (Å²) in [5.41, 5.74) is 2.49. The van der Waals surface area contributed by atoms with Crippen molar-refractivity contribution in [1.82, 2.24) is 9.97 Å². The molecule has 0 atom stereocenters. The molecule has 6 nitrogen and oxygen atoms in total. The maximum absolute atomic E-state index is 5.49. The van der Waals surface area contributed by atoms with Crippen LogP contribution < -0.4 is 18.9 Å². The summed E-state index contributed by atoms with van der Waals surface area (Å²) in [4.78, 5) is 10.8. The molecule has 1 aromatic heterocycles. The van der Waals surface area contributed by atoms with Crippen LogP contribution in [-0.2, 0) is 0 Å². The fraction of sp³-hybridized carbons (Fsp3) is 0.154. The van der Waals surface area contributed by atoms with Crippen LogP contribution in [0.1, 0.15) is 0 Å². The molecule has 3 aromatic carbocycles. The van der Waals surface area contributed by atoms with Crippen molar-refractivity contribution in [3.8, 4) is 45.6 Å². The standard InChI is InChI=1S/C26H24N2O4S/c1-29-21-12-10-17(14-23(21)31-3)20-16-25(33-19-8-6-5-7-9-19)28-26(27-20)18-11-13-22(30-2)24(15-18)32-4/h5-16H,1-4H3. The Labute approximate surface area is 197 Å². The number of hydrogen-bond acceptors (Lipinski definition) is 7. The van der Waals surface area contributed by atoms with Gasteiger partial charge in [0.15, 0.2) is 28.8 Å². The summed E-state index contributed by atoms with van der Waals surface area (Å²) in [5.74, 6) is 3.15. The predicted octanol–water partition coefficient (Wildman–Crippen LogP) is 6.00. The van der Waals surface area contributed by atoms with Crippen molar-refractivity contribution in [2.45, 2.75) is 9.92 Å². The quantitative estimate of drug-likeness (QED) is 0.299. The second-order valence-electron chi connectivity index (χ2n) is 6.97.